The maximum Gasteiger partial charge on any atom is 0.417 e. The van der Waals surface area contributed by atoms with Crippen LogP contribution in [0.2, 0.25) is 0 Å². The molecule has 0 saturated carbocycles. The molecule has 2 aromatic heterocycles. The van der Waals surface area contributed by atoms with Crippen molar-refractivity contribution in [2.24, 2.45) is 0 Å². The third-order valence-electron chi connectivity index (χ3n) is 8.34. The number of anilines is 2. The van der Waals surface area contributed by atoms with Gasteiger partial charge in [0.1, 0.15) is 17.2 Å². The van der Waals surface area contributed by atoms with Crippen LogP contribution in [-0.2, 0) is 14.3 Å². The molecular weight excluding hydrogens is 586 g/mol. The van der Waals surface area contributed by atoms with E-state index in [1.807, 2.05) is 6.07 Å². The number of para-hydroxylation sites is 2. The smallest absolute Gasteiger partial charge is 0.417 e. The van der Waals surface area contributed by atoms with Crippen LogP contribution < -0.4 is 15.1 Å². The number of alkyl halides is 2. The molecule has 2 amide bonds. The number of carbonyl (C=O) groups is 2. The van der Waals surface area contributed by atoms with Gasteiger partial charge in [-0.3, -0.25) is 9.36 Å². The number of hydrogen-bond donors (Lipinski definition) is 1. The van der Waals surface area contributed by atoms with Gasteiger partial charge in [0, 0.05) is 38.3 Å². The number of fused-ring (bicyclic) bond motifs is 1. The summed E-state index contributed by atoms with van der Waals surface area (Å²) in [5, 5.41) is 3.21. The Hall–Kier alpha value is -3.91. The maximum atomic E-state index is 14.3. The molecule has 3 fully saturated rings. The third-order valence-corrected chi connectivity index (χ3v) is 8.34. The number of nitrogens with one attached hydrogen (secondary N) is 1. The van der Waals surface area contributed by atoms with Gasteiger partial charge in [-0.25, -0.2) is 23.5 Å². The zero-order valence-electron chi connectivity index (χ0n) is 25.9. The van der Waals surface area contributed by atoms with Crippen LogP contribution in [0.1, 0.15) is 58.7 Å². The Kier molecular flexibility index (Phi) is 8.87. The number of rotatable bonds is 6. The van der Waals surface area contributed by atoms with Crippen LogP contribution in [0.3, 0.4) is 0 Å². The molecule has 0 bridgehead atoms. The van der Waals surface area contributed by atoms with Gasteiger partial charge in [0.15, 0.2) is 5.82 Å². The van der Waals surface area contributed by atoms with Crippen LogP contribution in [-0.4, -0.2) is 100 Å². The number of aromatic nitrogens is 4. The van der Waals surface area contributed by atoms with Crippen molar-refractivity contribution in [3.8, 4) is 5.95 Å². The first kappa shape index (κ1) is 31.1. The Labute approximate surface area is 260 Å². The van der Waals surface area contributed by atoms with Crippen molar-refractivity contribution in [1.82, 2.24) is 29.7 Å². The number of amides is 2. The summed E-state index contributed by atoms with van der Waals surface area (Å²) in [4.78, 5) is 46.1. The summed E-state index contributed by atoms with van der Waals surface area (Å²) < 4.78 is 41.1. The van der Waals surface area contributed by atoms with Crippen molar-refractivity contribution in [3.63, 3.8) is 0 Å². The maximum absolute atomic E-state index is 14.3. The van der Waals surface area contributed by atoms with E-state index in [4.69, 9.17) is 19.4 Å². The SMILES string of the molecule is CC(C)(C)OC(=O)N(C(=O)[C@@H]1CCCN1)C1CCN(c2cc(N3CCOCC3)nc(-n3c(C(F)F)nc4ccccc43)n2)CC1. The van der Waals surface area contributed by atoms with E-state index >= 15 is 0 Å². The fourth-order valence-corrected chi connectivity index (χ4v) is 6.17. The van der Waals surface area contributed by atoms with E-state index in [2.05, 4.69) is 20.1 Å². The molecule has 3 aliphatic rings. The van der Waals surface area contributed by atoms with E-state index in [0.29, 0.717) is 81.3 Å². The van der Waals surface area contributed by atoms with Crippen molar-refractivity contribution in [2.75, 3.05) is 55.7 Å². The summed E-state index contributed by atoms with van der Waals surface area (Å²) in [6.45, 7) is 9.32. The van der Waals surface area contributed by atoms with Gasteiger partial charge in [0.25, 0.3) is 6.43 Å². The largest absolute Gasteiger partial charge is 0.443 e. The molecule has 5 heterocycles. The van der Waals surface area contributed by atoms with Crippen LogP contribution in [0.5, 0.6) is 0 Å². The normalized spacial score (nSPS) is 19.8. The summed E-state index contributed by atoms with van der Waals surface area (Å²) in [5.41, 5.74) is 0.171. The molecule has 0 unspecified atom stereocenters. The number of carbonyl (C=O) groups excluding carboxylic acids is 2. The first-order chi connectivity index (χ1) is 21.6. The molecule has 242 valence electrons. The molecule has 12 nitrogen and oxygen atoms in total. The van der Waals surface area contributed by atoms with Gasteiger partial charge in [-0.2, -0.15) is 9.97 Å². The monoisotopic (exact) mass is 626 g/mol. The summed E-state index contributed by atoms with van der Waals surface area (Å²) in [6.07, 6.45) is -0.921. The first-order valence-corrected chi connectivity index (χ1v) is 15.6. The molecule has 14 heteroatoms. The van der Waals surface area contributed by atoms with E-state index in [1.54, 1.807) is 45.0 Å². The molecule has 3 aromatic rings. The lowest BCUT2D eigenvalue weighted by molar-refractivity contribution is -0.134. The van der Waals surface area contributed by atoms with Crippen molar-refractivity contribution in [2.45, 2.75) is 70.6 Å². The number of benzene rings is 1. The van der Waals surface area contributed by atoms with Gasteiger partial charge in [-0.15, -0.1) is 0 Å². The van der Waals surface area contributed by atoms with Crippen molar-refractivity contribution in [3.05, 3.63) is 36.2 Å². The summed E-state index contributed by atoms with van der Waals surface area (Å²) in [6, 6.07) is 8.05. The lowest BCUT2D eigenvalue weighted by Gasteiger charge is -2.39. The molecule has 0 radical (unpaired) electrons. The Morgan fingerprint density at radius 2 is 1.67 bits per heavy atom. The molecular formula is C31H40F2N8O4. The third kappa shape index (κ3) is 6.71. The second-order valence-corrected chi connectivity index (χ2v) is 12.6. The van der Waals surface area contributed by atoms with Crippen LogP contribution in [0.4, 0.5) is 25.2 Å². The number of imidazole rings is 1. The van der Waals surface area contributed by atoms with E-state index in [9.17, 15) is 18.4 Å². The highest BCUT2D eigenvalue weighted by Gasteiger charge is 2.39. The second kappa shape index (κ2) is 12.8. The number of morpholine rings is 1. The number of nitrogens with zero attached hydrogens (tertiary/aromatic N) is 7. The van der Waals surface area contributed by atoms with E-state index in [0.717, 1.165) is 13.0 Å². The fraction of sp³-hybridized carbons (Fsp3) is 0.581. The van der Waals surface area contributed by atoms with Crippen molar-refractivity contribution >= 4 is 34.7 Å². The summed E-state index contributed by atoms with van der Waals surface area (Å²) >= 11 is 0. The van der Waals surface area contributed by atoms with Gasteiger partial charge in [-0.1, -0.05) is 12.1 Å². The average molecular weight is 627 g/mol. The first-order valence-electron chi connectivity index (χ1n) is 15.6. The highest BCUT2D eigenvalue weighted by atomic mass is 19.3. The number of piperidine rings is 1. The second-order valence-electron chi connectivity index (χ2n) is 12.6. The predicted octanol–water partition coefficient (Wildman–Crippen LogP) is 4.07. The molecule has 1 atom stereocenters. The van der Waals surface area contributed by atoms with E-state index in [-0.39, 0.29) is 17.9 Å². The molecule has 0 spiro atoms. The minimum absolute atomic E-state index is 0.109. The summed E-state index contributed by atoms with van der Waals surface area (Å²) in [5.74, 6) is 0.609. The van der Waals surface area contributed by atoms with Gasteiger partial charge in [0.2, 0.25) is 11.9 Å². The molecule has 3 saturated heterocycles. The topological polar surface area (TPSA) is 118 Å². The Bertz CT molecular complexity index is 1520. The van der Waals surface area contributed by atoms with E-state index < -0.39 is 30.0 Å². The lowest BCUT2D eigenvalue weighted by Crippen LogP contribution is -2.55. The molecule has 3 aliphatic heterocycles. The van der Waals surface area contributed by atoms with Gasteiger partial charge >= 0.3 is 6.09 Å². The Balaban J connectivity index is 1.31. The standard InChI is InChI=1S/C31H40F2N8O4/c1-31(2,3)45-30(43)40(28(42)22-8-6-12-34-22)20-10-13-38(14-11-20)24-19-25(39-15-17-44-18-16-39)37-29(36-24)41-23-9-5-4-7-21(23)35-27(41)26(32)33/h4-5,7,9,19-20,22,26,34H,6,8,10-18H2,1-3H3/t22-/m0/s1. The van der Waals surface area contributed by atoms with Gasteiger partial charge < -0.3 is 24.6 Å². The van der Waals surface area contributed by atoms with Gasteiger partial charge in [0.05, 0.1) is 30.3 Å². The molecule has 45 heavy (non-hydrogen) atoms. The van der Waals surface area contributed by atoms with Crippen LogP contribution in [0.25, 0.3) is 17.0 Å². The molecule has 1 N–H and O–H groups in total. The quantitative estimate of drug-likeness (QED) is 0.429. The fourth-order valence-electron chi connectivity index (χ4n) is 6.17. The van der Waals surface area contributed by atoms with Crippen molar-refractivity contribution < 1.29 is 27.8 Å². The van der Waals surface area contributed by atoms with Gasteiger partial charge in [-0.05, 0) is 65.1 Å². The predicted molar refractivity (Wildman–Crippen MR) is 164 cm³/mol. The van der Waals surface area contributed by atoms with Crippen LogP contribution in [0.15, 0.2) is 30.3 Å². The number of imide groups is 1. The molecule has 0 aliphatic carbocycles. The highest BCUT2D eigenvalue weighted by Crippen LogP contribution is 2.31. The minimum Gasteiger partial charge on any atom is -0.443 e. The zero-order chi connectivity index (χ0) is 31.7. The molecule has 6 rings (SSSR count). The highest BCUT2D eigenvalue weighted by molar-refractivity contribution is 5.95. The Morgan fingerprint density at radius 1 is 1.00 bits per heavy atom. The number of hydrogen-bond acceptors (Lipinski definition) is 10. The molecule has 1 aromatic carbocycles. The zero-order valence-corrected chi connectivity index (χ0v) is 25.9. The van der Waals surface area contributed by atoms with Crippen LogP contribution >= 0.6 is 0 Å². The lowest BCUT2D eigenvalue weighted by atomic mass is 10.0. The minimum atomic E-state index is -2.84. The number of halogens is 2. The average Bonchev–Trinajstić information content (AvgIpc) is 3.70. The van der Waals surface area contributed by atoms with E-state index in [1.165, 1.54) is 9.47 Å². The van der Waals surface area contributed by atoms with Crippen LogP contribution in [0, 0.1) is 0 Å². The van der Waals surface area contributed by atoms with Crippen molar-refractivity contribution in [1.29, 1.82) is 0 Å². The Morgan fingerprint density at radius 3 is 2.29 bits per heavy atom. The number of ether oxygens (including phenoxy) is 2. The summed E-state index contributed by atoms with van der Waals surface area (Å²) in [7, 11) is 0.